The Morgan fingerprint density at radius 2 is 2.00 bits per heavy atom. The molecular formula is C7H18N2. The fourth-order valence-electron chi connectivity index (χ4n) is 0.811. The molecular weight excluding hydrogens is 112 g/mol. The van der Waals surface area contributed by atoms with Gasteiger partial charge < -0.3 is 10.6 Å². The van der Waals surface area contributed by atoms with Gasteiger partial charge in [0.15, 0.2) is 0 Å². The molecule has 1 unspecified atom stereocenters. The van der Waals surface area contributed by atoms with Crippen LogP contribution >= 0.6 is 0 Å². The van der Waals surface area contributed by atoms with Crippen molar-refractivity contribution in [2.45, 2.75) is 13.8 Å². The smallest absolute Gasteiger partial charge is 0.00111 e. The quantitative estimate of drug-likeness (QED) is 0.564. The largest absolute Gasteiger partial charge is 0.319 e. The van der Waals surface area contributed by atoms with Crippen molar-refractivity contribution in [1.29, 1.82) is 0 Å². The predicted molar refractivity (Wildman–Crippen MR) is 41.6 cm³/mol. The molecule has 0 aliphatic carbocycles. The second kappa shape index (κ2) is 6.05. The van der Waals surface area contributed by atoms with Gasteiger partial charge in [-0.2, -0.15) is 0 Å². The third-order valence-corrected chi connectivity index (χ3v) is 1.30. The Balaban J connectivity index is 2.95. The fraction of sp³-hybridized carbons (Fsp3) is 1.00. The summed E-state index contributed by atoms with van der Waals surface area (Å²) in [6.45, 7) is 7.67. The minimum atomic E-state index is 0.745. The van der Waals surface area contributed by atoms with Gasteiger partial charge in [-0.3, -0.25) is 0 Å². The molecule has 56 valence electrons. The van der Waals surface area contributed by atoms with Crippen molar-refractivity contribution in [2.24, 2.45) is 5.92 Å². The highest BCUT2D eigenvalue weighted by Gasteiger charge is 1.96. The Hall–Kier alpha value is -0.0800. The van der Waals surface area contributed by atoms with E-state index in [0.717, 1.165) is 25.6 Å². The van der Waals surface area contributed by atoms with Crippen LogP contribution in [0.2, 0.25) is 0 Å². The van der Waals surface area contributed by atoms with Gasteiger partial charge in [0.2, 0.25) is 0 Å². The number of hydrogen-bond acceptors (Lipinski definition) is 2. The lowest BCUT2D eigenvalue weighted by atomic mass is 10.2. The molecule has 0 amide bonds. The Morgan fingerprint density at radius 1 is 1.33 bits per heavy atom. The molecule has 0 aromatic heterocycles. The van der Waals surface area contributed by atoms with E-state index in [-0.39, 0.29) is 0 Å². The van der Waals surface area contributed by atoms with E-state index < -0.39 is 0 Å². The molecule has 0 aromatic rings. The third-order valence-electron chi connectivity index (χ3n) is 1.30. The first-order valence-corrected chi connectivity index (χ1v) is 3.66. The summed E-state index contributed by atoms with van der Waals surface area (Å²) in [5.74, 6) is 0.745. The zero-order valence-corrected chi connectivity index (χ0v) is 6.70. The van der Waals surface area contributed by atoms with Crippen molar-refractivity contribution in [2.75, 3.05) is 26.7 Å². The average Bonchev–Trinajstić information content (AvgIpc) is 1.85. The van der Waals surface area contributed by atoms with Crippen molar-refractivity contribution >= 4 is 0 Å². The zero-order chi connectivity index (χ0) is 7.11. The summed E-state index contributed by atoms with van der Waals surface area (Å²) >= 11 is 0. The Morgan fingerprint density at radius 3 is 2.44 bits per heavy atom. The van der Waals surface area contributed by atoms with Gasteiger partial charge in [0.1, 0.15) is 0 Å². The van der Waals surface area contributed by atoms with Gasteiger partial charge in [-0.05, 0) is 32.6 Å². The molecule has 0 rings (SSSR count). The Bertz CT molecular complexity index is 54.9. The molecule has 2 N–H and O–H groups in total. The molecule has 2 nitrogen and oxygen atoms in total. The van der Waals surface area contributed by atoms with E-state index >= 15 is 0 Å². The van der Waals surface area contributed by atoms with Crippen molar-refractivity contribution in [3.63, 3.8) is 0 Å². The summed E-state index contributed by atoms with van der Waals surface area (Å²) in [7, 11) is 1.99. The summed E-state index contributed by atoms with van der Waals surface area (Å²) < 4.78 is 0. The number of rotatable bonds is 5. The van der Waals surface area contributed by atoms with E-state index in [2.05, 4.69) is 24.5 Å². The molecule has 9 heavy (non-hydrogen) atoms. The normalized spacial score (nSPS) is 13.7. The zero-order valence-electron chi connectivity index (χ0n) is 6.70. The second-order valence-electron chi connectivity index (χ2n) is 2.47. The van der Waals surface area contributed by atoms with Gasteiger partial charge in [0, 0.05) is 0 Å². The van der Waals surface area contributed by atoms with Gasteiger partial charge in [0.25, 0.3) is 0 Å². The van der Waals surface area contributed by atoms with Crippen LogP contribution in [0.3, 0.4) is 0 Å². The van der Waals surface area contributed by atoms with Crippen LogP contribution in [0.4, 0.5) is 0 Å². The van der Waals surface area contributed by atoms with Crippen LogP contribution in [0.1, 0.15) is 13.8 Å². The molecule has 0 fully saturated rings. The molecule has 0 saturated carbocycles. The maximum absolute atomic E-state index is 3.29. The van der Waals surface area contributed by atoms with E-state index in [9.17, 15) is 0 Å². The minimum absolute atomic E-state index is 0.745. The molecule has 0 saturated heterocycles. The van der Waals surface area contributed by atoms with Crippen molar-refractivity contribution < 1.29 is 0 Å². The van der Waals surface area contributed by atoms with E-state index in [0.29, 0.717) is 0 Å². The lowest BCUT2D eigenvalue weighted by molar-refractivity contribution is 0.500. The second-order valence-corrected chi connectivity index (χ2v) is 2.47. The summed E-state index contributed by atoms with van der Waals surface area (Å²) in [5.41, 5.74) is 0. The molecule has 0 spiro atoms. The first kappa shape index (κ1) is 8.92. The van der Waals surface area contributed by atoms with Crippen LogP contribution in [0.15, 0.2) is 0 Å². The maximum Gasteiger partial charge on any atom is -0.00111 e. The van der Waals surface area contributed by atoms with Crippen LogP contribution in [-0.4, -0.2) is 26.7 Å². The number of hydrogen-bond donors (Lipinski definition) is 2. The summed E-state index contributed by atoms with van der Waals surface area (Å²) in [4.78, 5) is 0. The van der Waals surface area contributed by atoms with Crippen molar-refractivity contribution in [1.82, 2.24) is 10.6 Å². The highest BCUT2D eigenvalue weighted by molar-refractivity contribution is 4.56. The lowest BCUT2D eigenvalue weighted by Crippen LogP contribution is -2.27. The molecule has 0 aliphatic heterocycles. The highest BCUT2D eigenvalue weighted by Crippen LogP contribution is 1.87. The van der Waals surface area contributed by atoms with Crippen molar-refractivity contribution in [3.8, 4) is 0 Å². The molecule has 0 aliphatic rings. The molecule has 1 atom stereocenters. The first-order valence-electron chi connectivity index (χ1n) is 3.66. The SMILES string of the molecule is CCNCC(C)CNC. The van der Waals surface area contributed by atoms with Gasteiger partial charge in [-0.1, -0.05) is 13.8 Å². The minimum Gasteiger partial charge on any atom is -0.319 e. The Labute approximate surface area is 58.0 Å². The van der Waals surface area contributed by atoms with E-state index in [1.165, 1.54) is 0 Å². The molecule has 0 aromatic carbocycles. The predicted octanol–water partition coefficient (Wildman–Crippen LogP) is 0.451. The molecule has 0 heterocycles. The van der Waals surface area contributed by atoms with Crippen LogP contribution in [-0.2, 0) is 0 Å². The molecule has 0 radical (unpaired) electrons. The maximum atomic E-state index is 3.29. The topological polar surface area (TPSA) is 24.1 Å². The van der Waals surface area contributed by atoms with Crippen LogP contribution in [0.25, 0.3) is 0 Å². The van der Waals surface area contributed by atoms with E-state index in [1.54, 1.807) is 0 Å². The van der Waals surface area contributed by atoms with Gasteiger partial charge in [-0.25, -0.2) is 0 Å². The third kappa shape index (κ3) is 5.80. The van der Waals surface area contributed by atoms with Crippen LogP contribution < -0.4 is 10.6 Å². The summed E-state index contributed by atoms with van der Waals surface area (Å²) in [5, 5.41) is 6.43. The van der Waals surface area contributed by atoms with E-state index in [4.69, 9.17) is 0 Å². The fourth-order valence-corrected chi connectivity index (χ4v) is 0.811. The summed E-state index contributed by atoms with van der Waals surface area (Å²) in [6, 6.07) is 0. The van der Waals surface area contributed by atoms with E-state index in [1.807, 2.05) is 7.05 Å². The lowest BCUT2D eigenvalue weighted by Gasteiger charge is -2.09. The monoisotopic (exact) mass is 130 g/mol. The van der Waals surface area contributed by atoms with Gasteiger partial charge >= 0.3 is 0 Å². The number of nitrogens with one attached hydrogen (secondary N) is 2. The average molecular weight is 130 g/mol. The highest BCUT2D eigenvalue weighted by atomic mass is 14.9. The van der Waals surface area contributed by atoms with Gasteiger partial charge in [0.05, 0.1) is 0 Å². The Kier molecular flexibility index (Phi) is 5.99. The standard InChI is InChI=1S/C7H18N2/c1-4-9-6-7(2)5-8-3/h7-9H,4-6H2,1-3H3. The van der Waals surface area contributed by atoms with Gasteiger partial charge in [-0.15, -0.1) is 0 Å². The molecule has 2 heteroatoms. The van der Waals surface area contributed by atoms with Crippen LogP contribution in [0, 0.1) is 5.92 Å². The summed E-state index contributed by atoms with van der Waals surface area (Å²) in [6.07, 6.45) is 0. The first-order chi connectivity index (χ1) is 4.31. The molecule has 0 bridgehead atoms. The van der Waals surface area contributed by atoms with Crippen LogP contribution in [0.5, 0.6) is 0 Å². The van der Waals surface area contributed by atoms with Crippen molar-refractivity contribution in [3.05, 3.63) is 0 Å².